The molecule has 3 aliphatic rings. The van der Waals surface area contributed by atoms with Crippen LogP contribution in [0.5, 0.6) is 0 Å². The van der Waals surface area contributed by atoms with Crippen LogP contribution < -0.4 is 0 Å². The number of aryl methyl sites for hydroxylation is 2. The van der Waals surface area contributed by atoms with Crippen molar-refractivity contribution in [3.63, 3.8) is 0 Å². The number of piperidine rings is 3. The lowest BCUT2D eigenvalue weighted by Crippen LogP contribution is -2.48. The fourth-order valence-corrected chi connectivity index (χ4v) is 5.48. The summed E-state index contributed by atoms with van der Waals surface area (Å²) in [5, 5.41) is 4.67. The van der Waals surface area contributed by atoms with Crippen LogP contribution in [0.3, 0.4) is 0 Å². The van der Waals surface area contributed by atoms with E-state index < -0.39 is 5.82 Å². The van der Waals surface area contributed by atoms with Crippen molar-refractivity contribution in [2.75, 3.05) is 19.6 Å². The molecule has 0 amide bonds. The zero-order chi connectivity index (χ0) is 22.5. The molecule has 1 unspecified atom stereocenters. The van der Waals surface area contributed by atoms with E-state index in [4.69, 9.17) is 4.98 Å². The normalized spacial score (nSPS) is 22.3. The van der Waals surface area contributed by atoms with Crippen molar-refractivity contribution in [1.82, 2.24) is 39.2 Å². The minimum absolute atomic E-state index is 0.393. The predicted octanol–water partition coefficient (Wildman–Crippen LogP) is 3.23. The Labute approximate surface area is 191 Å². The SMILES string of the molecule is Cc1nc(C)c2nc(-c3cncc(F)c3)n(Cc3cnn(CC4CN5CCC4CC5)c3)c2n1. The zero-order valence-corrected chi connectivity index (χ0v) is 18.9. The summed E-state index contributed by atoms with van der Waals surface area (Å²) >= 11 is 0. The average Bonchev–Trinajstić information content (AvgIpc) is 3.40. The van der Waals surface area contributed by atoms with Crippen molar-refractivity contribution in [3.8, 4) is 11.4 Å². The van der Waals surface area contributed by atoms with Gasteiger partial charge in [0.1, 0.15) is 23.0 Å². The van der Waals surface area contributed by atoms with Gasteiger partial charge in [0.15, 0.2) is 5.65 Å². The monoisotopic (exact) mass is 446 g/mol. The van der Waals surface area contributed by atoms with E-state index >= 15 is 0 Å². The molecule has 4 aromatic rings. The first-order valence-electron chi connectivity index (χ1n) is 11.6. The first kappa shape index (κ1) is 20.4. The van der Waals surface area contributed by atoms with Gasteiger partial charge in [-0.05, 0) is 57.7 Å². The number of aromatic nitrogens is 7. The summed E-state index contributed by atoms with van der Waals surface area (Å²) in [6.07, 6.45) is 9.49. The molecular formula is C24H27FN8. The van der Waals surface area contributed by atoms with E-state index in [2.05, 4.69) is 35.8 Å². The van der Waals surface area contributed by atoms with Crippen LogP contribution in [-0.4, -0.2) is 58.8 Å². The Kier molecular flexibility index (Phi) is 4.94. The third kappa shape index (κ3) is 3.80. The second-order valence-electron chi connectivity index (χ2n) is 9.41. The summed E-state index contributed by atoms with van der Waals surface area (Å²) in [4.78, 5) is 20.5. The van der Waals surface area contributed by atoms with E-state index in [0.29, 0.717) is 29.7 Å². The fourth-order valence-electron chi connectivity index (χ4n) is 5.48. The van der Waals surface area contributed by atoms with Crippen LogP contribution >= 0.6 is 0 Å². The molecule has 170 valence electrons. The van der Waals surface area contributed by atoms with Gasteiger partial charge >= 0.3 is 0 Å². The Hall–Kier alpha value is -3.20. The molecule has 0 aliphatic carbocycles. The molecule has 0 radical (unpaired) electrons. The molecule has 3 saturated heterocycles. The highest BCUT2D eigenvalue weighted by atomic mass is 19.1. The average molecular weight is 447 g/mol. The topological polar surface area (TPSA) is 77.5 Å². The highest BCUT2D eigenvalue weighted by Crippen LogP contribution is 2.33. The number of rotatable bonds is 5. The fraction of sp³-hybridized carbons (Fsp3) is 0.458. The van der Waals surface area contributed by atoms with Gasteiger partial charge in [-0.3, -0.25) is 9.67 Å². The van der Waals surface area contributed by atoms with Crippen molar-refractivity contribution in [2.45, 2.75) is 39.8 Å². The number of imidazole rings is 1. The predicted molar refractivity (Wildman–Crippen MR) is 122 cm³/mol. The van der Waals surface area contributed by atoms with E-state index in [0.717, 1.165) is 34.9 Å². The van der Waals surface area contributed by atoms with E-state index in [9.17, 15) is 4.39 Å². The first-order valence-corrected chi connectivity index (χ1v) is 11.6. The third-order valence-corrected chi connectivity index (χ3v) is 7.08. The first-order chi connectivity index (χ1) is 16.0. The molecule has 0 saturated carbocycles. The molecule has 8 nitrogen and oxygen atoms in total. The molecule has 3 fully saturated rings. The van der Waals surface area contributed by atoms with Gasteiger partial charge in [-0.2, -0.15) is 5.10 Å². The van der Waals surface area contributed by atoms with Gasteiger partial charge in [0, 0.05) is 36.6 Å². The van der Waals surface area contributed by atoms with Gasteiger partial charge in [0.25, 0.3) is 0 Å². The summed E-state index contributed by atoms with van der Waals surface area (Å²) in [5.74, 6) is 2.40. The summed E-state index contributed by atoms with van der Waals surface area (Å²) in [6, 6.07) is 1.46. The van der Waals surface area contributed by atoms with E-state index in [1.807, 2.05) is 24.6 Å². The number of nitrogens with zero attached hydrogens (tertiary/aromatic N) is 8. The Morgan fingerprint density at radius 3 is 2.67 bits per heavy atom. The number of hydrogen-bond acceptors (Lipinski definition) is 6. The van der Waals surface area contributed by atoms with Crippen LogP contribution in [0, 0.1) is 31.5 Å². The summed E-state index contributed by atoms with van der Waals surface area (Å²) < 4.78 is 18.1. The van der Waals surface area contributed by atoms with Gasteiger partial charge < -0.3 is 9.47 Å². The highest BCUT2D eigenvalue weighted by molar-refractivity contribution is 5.79. The van der Waals surface area contributed by atoms with Crippen LogP contribution in [0.1, 0.15) is 29.9 Å². The van der Waals surface area contributed by atoms with E-state index in [-0.39, 0.29) is 0 Å². The Morgan fingerprint density at radius 2 is 1.91 bits per heavy atom. The molecule has 7 heterocycles. The van der Waals surface area contributed by atoms with Crippen LogP contribution in [0.25, 0.3) is 22.6 Å². The van der Waals surface area contributed by atoms with Crippen molar-refractivity contribution in [2.24, 2.45) is 11.8 Å². The van der Waals surface area contributed by atoms with Crippen LogP contribution in [0.15, 0.2) is 30.9 Å². The lowest BCUT2D eigenvalue weighted by Gasteiger charge is -2.44. The van der Waals surface area contributed by atoms with Crippen molar-refractivity contribution >= 4 is 11.2 Å². The molecule has 0 aromatic carbocycles. The summed E-state index contributed by atoms with van der Waals surface area (Å²) in [7, 11) is 0. The second-order valence-corrected chi connectivity index (χ2v) is 9.41. The maximum atomic E-state index is 14.0. The van der Waals surface area contributed by atoms with Crippen LogP contribution in [0.4, 0.5) is 4.39 Å². The van der Waals surface area contributed by atoms with Crippen LogP contribution in [0.2, 0.25) is 0 Å². The Morgan fingerprint density at radius 1 is 1.06 bits per heavy atom. The third-order valence-electron chi connectivity index (χ3n) is 7.08. The van der Waals surface area contributed by atoms with Gasteiger partial charge in [-0.15, -0.1) is 0 Å². The minimum atomic E-state index is -0.393. The molecule has 7 rings (SSSR count). The molecular weight excluding hydrogens is 419 g/mol. The maximum absolute atomic E-state index is 14.0. The van der Waals surface area contributed by atoms with Gasteiger partial charge in [0.2, 0.25) is 0 Å². The molecule has 0 spiro atoms. The van der Waals surface area contributed by atoms with Gasteiger partial charge in [-0.25, -0.2) is 19.3 Å². The molecule has 0 N–H and O–H groups in total. The van der Waals surface area contributed by atoms with E-state index in [1.165, 1.54) is 44.7 Å². The van der Waals surface area contributed by atoms with Crippen molar-refractivity contribution < 1.29 is 4.39 Å². The minimum Gasteiger partial charge on any atom is -0.304 e. The zero-order valence-electron chi connectivity index (χ0n) is 18.9. The molecule has 4 aromatic heterocycles. The molecule has 9 heteroatoms. The molecule has 33 heavy (non-hydrogen) atoms. The van der Waals surface area contributed by atoms with Gasteiger partial charge in [0.05, 0.1) is 24.6 Å². The molecule has 1 atom stereocenters. The Bertz CT molecular complexity index is 1320. The highest BCUT2D eigenvalue weighted by Gasteiger charge is 2.34. The maximum Gasteiger partial charge on any atom is 0.164 e. The van der Waals surface area contributed by atoms with E-state index in [1.54, 1.807) is 6.20 Å². The Balaban J connectivity index is 1.34. The molecule has 2 bridgehead atoms. The van der Waals surface area contributed by atoms with Crippen LogP contribution in [-0.2, 0) is 13.1 Å². The number of pyridine rings is 1. The quantitative estimate of drug-likeness (QED) is 0.468. The lowest BCUT2D eigenvalue weighted by molar-refractivity contribution is 0.0405. The summed E-state index contributed by atoms with van der Waals surface area (Å²) in [5.41, 5.74) is 3.95. The van der Waals surface area contributed by atoms with Crippen molar-refractivity contribution in [1.29, 1.82) is 0 Å². The largest absolute Gasteiger partial charge is 0.304 e. The number of hydrogen-bond donors (Lipinski definition) is 0. The number of halogens is 1. The lowest BCUT2D eigenvalue weighted by atomic mass is 9.79. The van der Waals surface area contributed by atoms with Crippen molar-refractivity contribution in [3.05, 3.63) is 53.8 Å². The van der Waals surface area contributed by atoms with Gasteiger partial charge in [-0.1, -0.05) is 0 Å². The standard InChI is InChI=1S/C24H27FN8/c1-15-22-24(29-16(2)28-15)33(23(30-22)19-7-21(25)10-26-9-19)12-17-8-27-32(11-17)14-20-13-31-5-3-18(20)4-6-31/h7-11,18,20H,3-6,12-14H2,1-2H3. The number of fused-ring (bicyclic) bond motifs is 4. The summed E-state index contributed by atoms with van der Waals surface area (Å²) in [6.45, 7) is 8.96. The molecule has 3 aliphatic heterocycles. The second kappa shape index (κ2) is 7.98. The smallest absolute Gasteiger partial charge is 0.164 e.